The standard InChI is InChI=1S/C17H18ClF2N3S/c1-3-6-24-17-21-15(18)9-16(22-17)23(2)14-8-11(14)10-4-5-12(19)13(20)7-10/h4-5,7,9,11,14H,3,6,8H2,1-2H3/t11-,14+/m0/s1. The molecule has 1 aromatic heterocycles. The van der Waals surface area contributed by atoms with E-state index in [1.165, 1.54) is 12.1 Å². The van der Waals surface area contributed by atoms with E-state index in [2.05, 4.69) is 16.9 Å². The number of hydrogen-bond donors (Lipinski definition) is 0. The van der Waals surface area contributed by atoms with Crippen LogP contribution in [-0.4, -0.2) is 28.8 Å². The van der Waals surface area contributed by atoms with Crippen molar-refractivity contribution < 1.29 is 8.78 Å². The quantitative estimate of drug-likeness (QED) is 0.411. The maximum atomic E-state index is 13.4. The molecule has 7 heteroatoms. The van der Waals surface area contributed by atoms with Crippen molar-refractivity contribution in [3.63, 3.8) is 0 Å². The predicted octanol–water partition coefficient (Wildman–Crippen LogP) is 4.90. The minimum Gasteiger partial charge on any atom is -0.356 e. The molecule has 0 bridgehead atoms. The normalized spacial score (nSPS) is 19.4. The van der Waals surface area contributed by atoms with Crippen LogP contribution in [0.2, 0.25) is 5.15 Å². The van der Waals surface area contributed by atoms with Crippen molar-refractivity contribution in [2.24, 2.45) is 0 Å². The van der Waals surface area contributed by atoms with Crippen molar-refractivity contribution >= 4 is 29.2 Å². The Morgan fingerprint density at radius 1 is 1.25 bits per heavy atom. The SMILES string of the molecule is CCCSc1nc(Cl)cc(N(C)[C@@H]2C[C@H]2c2ccc(F)c(F)c2)n1. The van der Waals surface area contributed by atoms with E-state index in [1.54, 1.807) is 23.9 Å². The van der Waals surface area contributed by atoms with Crippen LogP contribution in [-0.2, 0) is 0 Å². The number of benzene rings is 1. The fourth-order valence-electron chi connectivity index (χ4n) is 2.70. The fraction of sp³-hybridized carbons (Fsp3) is 0.412. The summed E-state index contributed by atoms with van der Waals surface area (Å²) in [4.78, 5) is 10.8. The molecule has 0 saturated heterocycles. The zero-order valence-corrected chi connectivity index (χ0v) is 15.0. The van der Waals surface area contributed by atoms with E-state index in [4.69, 9.17) is 11.6 Å². The van der Waals surface area contributed by atoms with Crippen LogP contribution in [0.4, 0.5) is 14.6 Å². The molecule has 0 radical (unpaired) electrons. The number of likely N-dealkylation sites (N-methyl/N-ethyl adjacent to an activating group) is 1. The maximum Gasteiger partial charge on any atom is 0.190 e. The Balaban J connectivity index is 1.74. The molecule has 24 heavy (non-hydrogen) atoms. The fourth-order valence-corrected chi connectivity index (χ4v) is 3.64. The lowest BCUT2D eigenvalue weighted by Gasteiger charge is -2.19. The summed E-state index contributed by atoms with van der Waals surface area (Å²) in [5.74, 6) is 0.243. The molecule has 0 unspecified atom stereocenters. The van der Waals surface area contributed by atoms with Crippen LogP contribution in [0.15, 0.2) is 29.4 Å². The molecule has 3 nitrogen and oxygen atoms in total. The molecule has 128 valence electrons. The van der Waals surface area contributed by atoms with Crippen molar-refractivity contribution in [3.8, 4) is 0 Å². The van der Waals surface area contributed by atoms with Gasteiger partial charge in [0.1, 0.15) is 11.0 Å². The molecule has 0 spiro atoms. The molecule has 0 amide bonds. The molecule has 2 aromatic rings. The third-order valence-corrected chi connectivity index (χ3v) is 5.33. The minimum absolute atomic E-state index is 0.172. The van der Waals surface area contributed by atoms with Gasteiger partial charge in [0.25, 0.3) is 0 Å². The molecule has 1 saturated carbocycles. The van der Waals surface area contributed by atoms with Gasteiger partial charge in [-0.25, -0.2) is 18.7 Å². The van der Waals surface area contributed by atoms with E-state index >= 15 is 0 Å². The lowest BCUT2D eigenvalue weighted by atomic mass is 10.1. The molecule has 1 aromatic carbocycles. The summed E-state index contributed by atoms with van der Waals surface area (Å²) in [5, 5.41) is 1.08. The number of thioether (sulfide) groups is 1. The lowest BCUT2D eigenvalue weighted by molar-refractivity contribution is 0.507. The Labute approximate surface area is 149 Å². The smallest absolute Gasteiger partial charge is 0.190 e. The molecule has 1 aliphatic rings. The second-order valence-corrected chi connectivity index (χ2v) is 7.32. The molecule has 3 rings (SSSR count). The van der Waals surface area contributed by atoms with Crippen LogP contribution >= 0.6 is 23.4 Å². The predicted molar refractivity (Wildman–Crippen MR) is 94.0 cm³/mol. The number of aromatic nitrogens is 2. The van der Waals surface area contributed by atoms with Gasteiger partial charge in [-0.05, 0) is 30.5 Å². The van der Waals surface area contributed by atoms with Crippen LogP contribution in [0, 0.1) is 11.6 Å². The van der Waals surface area contributed by atoms with Gasteiger partial charge in [0, 0.05) is 30.8 Å². The molecule has 1 fully saturated rings. The molecule has 1 heterocycles. The number of hydrogen-bond acceptors (Lipinski definition) is 4. The zero-order chi connectivity index (χ0) is 17.3. The number of halogens is 3. The third-order valence-electron chi connectivity index (χ3n) is 4.08. The summed E-state index contributed by atoms with van der Waals surface area (Å²) in [6.45, 7) is 2.10. The average molecular weight is 370 g/mol. The minimum atomic E-state index is -0.815. The largest absolute Gasteiger partial charge is 0.356 e. The van der Waals surface area contributed by atoms with Gasteiger partial charge in [-0.1, -0.05) is 36.4 Å². The van der Waals surface area contributed by atoms with Crippen molar-refractivity contribution in [3.05, 3.63) is 46.6 Å². The Morgan fingerprint density at radius 2 is 2.04 bits per heavy atom. The van der Waals surface area contributed by atoms with E-state index in [0.717, 1.165) is 30.0 Å². The molecule has 0 aliphatic heterocycles. The van der Waals surface area contributed by atoms with E-state index in [9.17, 15) is 8.78 Å². The Bertz CT molecular complexity index is 744. The summed E-state index contributed by atoms with van der Waals surface area (Å²) >= 11 is 7.68. The summed E-state index contributed by atoms with van der Waals surface area (Å²) in [7, 11) is 1.94. The van der Waals surface area contributed by atoms with Gasteiger partial charge >= 0.3 is 0 Å². The Morgan fingerprint density at radius 3 is 2.75 bits per heavy atom. The van der Waals surface area contributed by atoms with Gasteiger partial charge in [-0.3, -0.25) is 0 Å². The van der Waals surface area contributed by atoms with E-state index in [0.29, 0.717) is 10.3 Å². The van der Waals surface area contributed by atoms with Gasteiger partial charge in [-0.15, -0.1) is 0 Å². The summed E-state index contributed by atoms with van der Waals surface area (Å²) in [6.07, 6.45) is 1.91. The number of rotatable bonds is 6. The lowest BCUT2D eigenvalue weighted by Crippen LogP contribution is -2.22. The van der Waals surface area contributed by atoms with E-state index < -0.39 is 11.6 Å². The first-order valence-electron chi connectivity index (χ1n) is 7.84. The average Bonchev–Trinajstić information content (AvgIpc) is 3.35. The van der Waals surface area contributed by atoms with Gasteiger partial charge in [-0.2, -0.15) is 0 Å². The molecule has 1 aliphatic carbocycles. The monoisotopic (exact) mass is 369 g/mol. The third kappa shape index (κ3) is 3.81. The Kier molecular flexibility index (Phi) is 5.25. The van der Waals surface area contributed by atoms with E-state index in [1.807, 2.05) is 11.9 Å². The second-order valence-electron chi connectivity index (χ2n) is 5.87. The van der Waals surface area contributed by atoms with Crippen molar-refractivity contribution in [1.29, 1.82) is 0 Å². The van der Waals surface area contributed by atoms with Crippen molar-refractivity contribution in [1.82, 2.24) is 9.97 Å². The van der Waals surface area contributed by atoms with Crippen LogP contribution in [0.1, 0.15) is 31.2 Å². The van der Waals surface area contributed by atoms with Gasteiger partial charge < -0.3 is 4.90 Å². The molecule has 0 N–H and O–H groups in total. The van der Waals surface area contributed by atoms with Gasteiger partial charge in [0.05, 0.1) is 0 Å². The summed E-state index contributed by atoms with van der Waals surface area (Å²) in [5.41, 5.74) is 0.812. The number of nitrogens with zero attached hydrogens (tertiary/aromatic N) is 3. The topological polar surface area (TPSA) is 29.0 Å². The summed E-state index contributed by atoms with van der Waals surface area (Å²) < 4.78 is 26.5. The van der Waals surface area contributed by atoms with Crippen LogP contribution in [0.25, 0.3) is 0 Å². The van der Waals surface area contributed by atoms with Crippen molar-refractivity contribution in [2.45, 2.75) is 36.9 Å². The number of anilines is 1. The highest BCUT2D eigenvalue weighted by atomic mass is 35.5. The summed E-state index contributed by atoms with van der Waals surface area (Å²) in [6, 6.07) is 6.04. The first-order valence-corrected chi connectivity index (χ1v) is 9.21. The highest BCUT2D eigenvalue weighted by Crippen LogP contribution is 2.45. The van der Waals surface area contributed by atoms with Crippen molar-refractivity contribution in [2.75, 3.05) is 17.7 Å². The first-order chi connectivity index (χ1) is 11.5. The van der Waals surface area contributed by atoms with Gasteiger partial charge in [0.15, 0.2) is 16.8 Å². The molecular weight excluding hydrogens is 352 g/mol. The molecule has 2 atom stereocenters. The highest BCUT2D eigenvalue weighted by Gasteiger charge is 2.42. The van der Waals surface area contributed by atoms with Crippen LogP contribution in [0.3, 0.4) is 0 Å². The van der Waals surface area contributed by atoms with Crippen LogP contribution in [0.5, 0.6) is 0 Å². The van der Waals surface area contributed by atoms with Crippen LogP contribution < -0.4 is 4.90 Å². The Hall–Kier alpha value is -1.40. The zero-order valence-electron chi connectivity index (χ0n) is 13.5. The van der Waals surface area contributed by atoms with E-state index in [-0.39, 0.29) is 12.0 Å². The highest BCUT2D eigenvalue weighted by molar-refractivity contribution is 7.99. The van der Waals surface area contributed by atoms with Gasteiger partial charge in [0.2, 0.25) is 0 Å². The molecular formula is C17H18ClF2N3S. The second kappa shape index (κ2) is 7.23. The maximum absolute atomic E-state index is 13.4. The first kappa shape index (κ1) is 17.4.